The number of halogens is 1. The number of nitrogens with two attached hydrogens (primary N) is 1. The predicted octanol–water partition coefficient (Wildman–Crippen LogP) is 5.49. The van der Waals surface area contributed by atoms with Crippen LogP contribution < -0.4 is 16.0 Å². The molecule has 1 atom stereocenters. The molecule has 3 aromatic rings. The van der Waals surface area contributed by atoms with Crippen LogP contribution in [0.15, 0.2) is 53.5 Å². The second-order valence-electron chi connectivity index (χ2n) is 8.48. The molecule has 0 saturated heterocycles. The second-order valence-corrected chi connectivity index (χ2v) is 8.89. The first-order chi connectivity index (χ1) is 14.4. The van der Waals surface area contributed by atoms with Crippen molar-refractivity contribution in [2.45, 2.75) is 63.5 Å². The molecule has 1 aromatic heterocycles. The number of nitrogens with one attached hydrogen (secondary N) is 1. The fraction of sp³-hybridized carbons (Fsp3) is 0.400. The van der Waals surface area contributed by atoms with Gasteiger partial charge in [-0.05, 0) is 73.7 Å². The average molecular weight is 425 g/mol. The van der Waals surface area contributed by atoms with Gasteiger partial charge in [0.05, 0.1) is 11.1 Å². The number of H-pyrrole nitrogens is 1. The molecule has 1 fully saturated rings. The van der Waals surface area contributed by atoms with Crippen molar-refractivity contribution in [3.63, 3.8) is 0 Å². The Bertz CT molecular complexity index is 1100. The highest BCUT2D eigenvalue weighted by atomic mass is 35.5. The molecule has 1 aliphatic rings. The molecule has 30 heavy (non-hydrogen) atoms. The highest BCUT2D eigenvalue weighted by molar-refractivity contribution is 6.32. The van der Waals surface area contributed by atoms with Crippen molar-refractivity contribution in [3.05, 3.63) is 75.2 Å². The highest BCUT2D eigenvalue weighted by Crippen LogP contribution is 2.45. The van der Waals surface area contributed by atoms with Gasteiger partial charge in [-0.25, -0.2) is 0 Å². The summed E-state index contributed by atoms with van der Waals surface area (Å²) in [5, 5.41) is 1.88. The quantitative estimate of drug-likeness (QED) is 0.569. The number of hydrogen-bond donors (Lipinski definition) is 2. The van der Waals surface area contributed by atoms with Gasteiger partial charge in [-0.2, -0.15) is 0 Å². The first-order valence-corrected chi connectivity index (χ1v) is 11.1. The third-order valence-electron chi connectivity index (χ3n) is 6.78. The van der Waals surface area contributed by atoms with E-state index in [2.05, 4.69) is 43.1 Å². The van der Waals surface area contributed by atoms with E-state index >= 15 is 0 Å². The van der Waals surface area contributed by atoms with E-state index in [0.717, 1.165) is 37.5 Å². The van der Waals surface area contributed by atoms with Gasteiger partial charge in [0.2, 0.25) is 0 Å². The number of fused-ring (bicyclic) bond motifs is 1. The van der Waals surface area contributed by atoms with Gasteiger partial charge in [0.1, 0.15) is 5.75 Å². The molecule has 0 spiro atoms. The summed E-state index contributed by atoms with van der Waals surface area (Å²) in [6.07, 6.45) is 6.50. The number of aromatic nitrogens is 1. The SMILES string of the molecule is CCC(N)[C@]1(c2ccccc2C)CC[C@H](Oc2cc3cc[nH]c(=O)c3cc2Cl)CC1. The van der Waals surface area contributed by atoms with Crippen LogP contribution in [-0.4, -0.2) is 17.1 Å². The van der Waals surface area contributed by atoms with Crippen LogP contribution in [0.3, 0.4) is 0 Å². The van der Waals surface area contributed by atoms with Crippen LogP contribution in [0.5, 0.6) is 5.75 Å². The Hall–Kier alpha value is -2.30. The highest BCUT2D eigenvalue weighted by Gasteiger charge is 2.42. The molecule has 1 unspecified atom stereocenters. The monoisotopic (exact) mass is 424 g/mol. The maximum absolute atomic E-state index is 12.0. The number of rotatable bonds is 5. The number of hydrogen-bond acceptors (Lipinski definition) is 3. The van der Waals surface area contributed by atoms with Crippen molar-refractivity contribution in [2.24, 2.45) is 5.73 Å². The number of ether oxygens (including phenoxy) is 1. The van der Waals surface area contributed by atoms with Crippen molar-refractivity contribution in [1.29, 1.82) is 0 Å². The number of aromatic amines is 1. The molecule has 1 saturated carbocycles. The lowest BCUT2D eigenvalue weighted by molar-refractivity contribution is 0.103. The van der Waals surface area contributed by atoms with Crippen molar-refractivity contribution in [2.75, 3.05) is 0 Å². The van der Waals surface area contributed by atoms with E-state index in [1.165, 1.54) is 11.1 Å². The van der Waals surface area contributed by atoms with Crippen LogP contribution in [0.1, 0.15) is 50.2 Å². The predicted molar refractivity (Wildman–Crippen MR) is 124 cm³/mol. The lowest BCUT2D eigenvalue weighted by Gasteiger charge is -2.45. The molecule has 2 aromatic carbocycles. The van der Waals surface area contributed by atoms with Crippen LogP contribution in [0, 0.1) is 6.92 Å². The van der Waals surface area contributed by atoms with E-state index in [-0.39, 0.29) is 23.1 Å². The molecule has 0 aliphatic heterocycles. The van der Waals surface area contributed by atoms with Crippen LogP contribution >= 0.6 is 11.6 Å². The summed E-state index contributed by atoms with van der Waals surface area (Å²) < 4.78 is 6.32. The molecule has 4 nitrogen and oxygen atoms in total. The van der Waals surface area contributed by atoms with Gasteiger partial charge in [-0.15, -0.1) is 0 Å². The first kappa shape index (κ1) is 21.0. The molecule has 0 radical (unpaired) electrons. The number of benzene rings is 2. The maximum Gasteiger partial charge on any atom is 0.255 e. The van der Waals surface area contributed by atoms with E-state index in [1.807, 2.05) is 12.1 Å². The Morgan fingerprint density at radius 1 is 1.23 bits per heavy atom. The van der Waals surface area contributed by atoms with E-state index in [4.69, 9.17) is 22.1 Å². The summed E-state index contributed by atoms with van der Waals surface area (Å²) in [4.78, 5) is 14.7. The lowest BCUT2D eigenvalue weighted by atomic mass is 9.63. The molecule has 3 N–H and O–H groups in total. The van der Waals surface area contributed by atoms with E-state index in [0.29, 0.717) is 16.2 Å². The number of aryl methyl sites for hydroxylation is 1. The van der Waals surface area contributed by atoms with Gasteiger partial charge < -0.3 is 15.5 Å². The molecule has 5 heteroatoms. The third kappa shape index (κ3) is 3.75. The molecular weight excluding hydrogens is 396 g/mol. The zero-order valence-corrected chi connectivity index (χ0v) is 18.3. The van der Waals surface area contributed by atoms with E-state index < -0.39 is 0 Å². The summed E-state index contributed by atoms with van der Waals surface area (Å²) in [6, 6.07) is 14.2. The first-order valence-electron chi connectivity index (χ1n) is 10.7. The minimum atomic E-state index is -0.143. The average Bonchev–Trinajstić information content (AvgIpc) is 2.75. The van der Waals surface area contributed by atoms with Gasteiger partial charge in [0.15, 0.2) is 0 Å². The van der Waals surface area contributed by atoms with Crippen molar-refractivity contribution < 1.29 is 4.74 Å². The summed E-state index contributed by atoms with van der Waals surface area (Å²) in [5.41, 5.74) is 9.22. The van der Waals surface area contributed by atoms with Gasteiger partial charge in [-0.3, -0.25) is 4.79 Å². The van der Waals surface area contributed by atoms with Gasteiger partial charge >= 0.3 is 0 Å². The Labute approximate surface area is 182 Å². The molecule has 1 aliphatic carbocycles. The lowest BCUT2D eigenvalue weighted by Crippen LogP contribution is -2.49. The fourth-order valence-electron chi connectivity index (χ4n) is 5.04. The summed E-state index contributed by atoms with van der Waals surface area (Å²) in [6.45, 7) is 4.35. The molecule has 4 rings (SSSR count). The summed E-state index contributed by atoms with van der Waals surface area (Å²) >= 11 is 6.44. The normalized spacial score (nSPS) is 22.7. The molecule has 158 valence electrons. The second kappa shape index (κ2) is 8.44. The fourth-order valence-corrected chi connectivity index (χ4v) is 5.25. The van der Waals surface area contributed by atoms with Crippen molar-refractivity contribution >= 4 is 22.4 Å². The van der Waals surface area contributed by atoms with Crippen LogP contribution in [0.25, 0.3) is 10.8 Å². The molecule has 0 amide bonds. The van der Waals surface area contributed by atoms with E-state index in [1.54, 1.807) is 12.3 Å². The van der Waals surface area contributed by atoms with Crippen LogP contribution in [0.4, 0.5) is 0 Å². The van der Waals surface area contributed by atoms with Crippen molar-refractivity contribution in [3.8, 4) is 5.75 Å². The largest absolute Gasteiger partial charge is 0.489 e. The standard InChI is InChI=1S/C25H29ClN2O2/c1-3-23(27)25(20-7-5-4-6-16(20)2)11-8-18(9-12-25)30-22-14-17-10-13-28-24(29)19(17)15-21(22)26/h4-7,10,13-15,18,23H,3,8-9,11-12,27H2,1-2H3,(H,28,29)/t18-,23?,25+. The van der Waals surface area contributed by atoms with Crippen molar-refractivity contribution in [1.82, 2.24) is 4.98 Å². The van der Waals surface area contributed by atoms with Crippen LogP contribution in [-0.2, 0) is 5.41 Å². The number of pyridine rings is 1. The summed E-state index contributed by atoms with van der Waals surface area (Å²) in [5.74, 6) is 0.642. The van der Waals surface area contributed by atoms with Crippen LogP contribution in [0.2, 0.25) is 5.02 Å². The smallest absolute Gasteiger partial charge is 0.255 e. The molecule has 0 bridgehead atoms. The Morgan fingerprint density at radius 2 is 1.97 bits per heavy atom. The van der Waals surface area contributed by atoms with Gasteiger partial charge in [-0.1, -0.05) is 42.8 Å². The Morgan fingerprint density at radius 3 is 2.67 bits per heavy atom. The minimum absolute atomic E-state index is 0.0135. The van der Waals surface area contributed by atoms with Gasteiger partial charge in [0.25, 0.3) is 5.56 Å². The third-order valence-corrected chi connectivity index (χ3v) is 7.07. The van der Waals surface area contributed by atoms with Gasteiger partial charge in [0, 0.05) is 23.0 Å². The minimum Gasteiger partial charge on any atom is -0.489 e. The zero-order chi connectivity index (χ0) is 21.3. The Kier molecular flexibility index (Phi) is 5.90. The molecular formula is C25H29ClN2O2. The van der Waals surface area contributed by atoms with E-state index in [9.17, 15) is 4.79 Å². The summed E-state index contributed by atoms with van der Waals surface area (Å²) in [7, 11) is 0. The Balaban J connectivity index is 1.56. The maximum atomic E-state index is 12.0. The zero-order valence-electron chi connectivity index (χ0n) is 17.6. The molecule has 1 heterocycles. The topological polar surface area (TPSA) is 68.1 Å².